The van der Waals surface area contributed by atoms with E-state index in [2.05, 4.69) is 10.1 Å². The molecule has 21 heavy (non-hydrogen) atoms. The Hall–Kier alpha value is -2.24. The number of aryl methyl sites for hydroxylation is 1. The summed E-state index contributed by atoms with van der Waals surface area (Å²) < 4.78 is 54.3. The lowest BCUT2D eigenvalue weighted by Crippen LogP contribution is -2.04. The molecule has 0 amide bonds. The van der Waals surface area contributed by atoms with Crippen LogP contribution in [0.5, 0.6) is 5.75 Å². The van der Waals surface area contributed by atoms with Crippen LogP contribution in [0.1, 0.15) is 11.1 Å². The van der Waals surface area contributed by atoms with Crippen LogP contribution in [0.2, 0.25) is 0 Å². The number of ether oxygens (including phenoxy) is 1. The van der Waals surface area contributed by atoms with Crippen LogP contribution in [0, 0.1) is 18.6 Å². The number of alkyl halides is 2. The molecule has 0 aliphatic heterocycles. The van der Waals surface area contributed by atoms with Crippen LogP contribution in [0.25, 0.3) is 0 Å². The summed E-state index contributed by atoms with van der Waals surface area (Å²) in [4.78, 5) is 0. The highest BCUT2D eigenvalue weighted by molar-refractivity contribution is 5.53. The number of benzene rings is 2. The van der Waals surface area contributed by atoms with E-state index in [0.29, 0.717) is 16.8 Å². The molecule has 0 aromatic heterocycles. The third-order valence-electron chi connectivity index (χ3n) is 2.89. The van der Waals surface area contributed by atoms with E-state index in [0.717, 1.165) is 12.1 Å². The molecule has 0 saturated heterocycles. The first-order valence-electron chi connectivity index (χ1n) is 6.19. The smallest absolute Gasteiger partial charge is 0.387 e. The molecule has 0 saturated carbocycles. The second kappa shape index (κ2) is 6.47. The van der Waals surface area contributed by atoms with Gasteiger partial charge >= 0.3 is 6.61 Å². The van der Waals surface area contributed by atoms with E-state index in [4.69, 9.17) is 0 Å². The zero-order chi connectivity index (χ0) is 15.4. The molecule has 0 aliphatic carbocycles. The SMILES string of the molecule is Cc1cc(OC(F)F)ccc1NCc1ccc(F)c(F)c1. The standard InChI is InChI=1S/C15H13F4NO/c1-9-6-11(21-15(18)19)3-5-14(9)20-8-10-2-4-12(16)13(17)7-10/h2-7,15,20H,8H2,1H3. The van der Waals surface area contributed by atoms with Gasteiger partial charge in [-0.3, -0.25) is 0 Å². The van der Waals surface area contributed by atoms with Crippen molar-refractivity contribution in [3.8, 4) is 5.75 Å². The maximum absolute atomic E-state index is 13.1. The first kappa shape index (κ1) is 15.2. The molecule has 2 aromatic rings. The Morgan fingerprint density at radius 3 is 2.43 bits per heavy atom. The van der Waals surface area contributed by atoms with Crippen molar-refractivity contribution in [2.24, 2.45) is 0 Å². The molecular weight excluding hydrogens is 286 g/mol. The van der Waals surface area contributed by atoms with Gasteiger partial charge in [-0.15, -0.1) is 0 Å². The van der Waals surface area contributed by atoms with Gasteiger partial charge in [0.25, 0.3) is 0 Å². The minimum Gasteiger partial charge on any atom is -0.435 e. The number of nitrogens with one attached hydrogen (secondary N) is 1. The van der Waals surface area contributed by atoms with Crippen LogP contribution >= 0.6 is 0 Å². The van der Waals surface area contributed by atoms with Crippen molar-refractivity contribution < 1.29 is 22.3 Å². The molecule has 1 N–H and O–H groups in total. The summed E-state index contributed by atoms with van der Waals surface area (Å²) in [6.07, 6.45) is 0. The summed E-state index contributed by atoms with van der Waals surface area (Å²) >= 11 is 0. The molecule has 112 valence electrons. The van der Waals surface area contributed by atoms with Crippen LogP contribution in [0.3, 0.4) is 0 Å². The van der Waals surface area contributed by atoms with Crippen molar-refractivity contribution in [3.05, 3.63) is 59.2 Å². The zero-order valence-corrected chi connectivity index (χ0v) is 11.2. The molecule has 0 spiro atoms. The van der Waals surface area contributed by atoms with Gasteiger partial charge in [-0.05, 0) is 48.4 Å². The monoisotopic (exact) mass is 299 g/mol. The maximum atomic E-state index is 13.1. The summed E-state index contributed by atoms with van der Waals surface area (Å²) in [7, 11) is 0. The summed E-state index contributed by atoms with van der Waals surface area (Å²) in [6, 6.07) is 8.10. The lowest BCUT2D eigenvalue weighted by Gasteiger charge is -2.12. The van der Waals surface area contributed by atoms with Gasteiger partial charge in [0.2, 0.25) is 0 Å². The minimum absolute atomic E-state index is 0.0703. The number of anilines is 1. The Bertz CT molecular complexity index is 631. The van der Waals surface area contributed by atoms with Crippen molar-refractivity contribution in [3.63, 3.8) is 0 Å². The lowest BCUT2D eigenvalue weighted by atomic mass is 10.1. The molecule has 2 rings (SSSR count). The average Bonchev–Trinajstić information content (AvgIpc) is 2.41. The molecule has 0 unspecified atom stereocenters. The number of rotatable bonds is 5. The molecule has 2 nitrogen and oxygen atoms in total. The van der Waals surface area contributed by atoms with Crippen molar-refractivity contribution in [1.82, 2.24) is 0 Å². The van der Waals surface area contributed by atoms with Crippen LogP contribution in [-0.4, -0.2) is 6.61 Å². The fourth-order valence-corrected chi connectivity index (χ4v) is 1.86. The minimum atomic E-state index is -2.87. The van der Waals surface area contributed by atoms with E-state index in [1.165, 1.54) is 18.2 Å². The van der Waals surface area contributed by atoms with Gasteiger partial charge < -0.3 is 10.1 Å². The second-order valence-corrected chi connectivity index (χ2v) is 4.46. The molecule has 0 heterocycles. The molecular formula is C15H13F4NO. The van der Waals surface area contributed by atoms with Crippen molar-refractivity contribution in [2.45, 2.75) is 20.1 Å². The number of halogens is 4. The molecule has 0 bridgehead atoms. The van der Waals surface area contributed by atoms with E-state index >= 15 is 0 Å². The van der Waals surface area contributed by atoms with E-state index < -0.39 is 18.2 Å². The molecule has 0 aliphatic rings. The number of hydrogen-bond acceptors (Lipinski definition) is 2. The highest BCUT2D eigenvalue weighted by Gasteiger charge is 2.07. The topological polar surface area (TPSA) is 21.3 Å². The predicted molar refractivity (Wildman–Crippen MR) is 71.5 cm³/mol. The molecule has 2 aromatic carbocycles. The Labute approximate surface area is 119 Å². The van der Waals surface area contributed by atoms with Crippen molar-refractivity contribution >= 4 is 5.69 Å². The number of hydrogen-bond donors (Lipinski definition) is 1. The lowest BCUT2D eigenvalue weighted by molar-refractivity contribution is -0.0498. The van der Waals surface area contributed by atoms with Gasteiger partial charge in [-0.25, -0.2) is 8.78 Å². The quantitative estimate of drug-likeness (QED) is 0.822. The van der Waals surface area contributed by atoms with Gasteiger partial charge in [-0.1, -0.05) is 6.07 Å². The maximum Gasteiger partial charge on any atom is 0.387 e. The first-order valence-corrected chi connectivity index (χ1v) is 6.19. The Balaban J connectivity index is 2.04. The zero-order valence-electron chi connectivity index (χ0n) is 11.2. The Kier molecular flexibility index (Phi) is 4.67. The van der Waals surface area contributed by atoms with Gasteiger partial charge in [-0.2, -0.15) is 8.78 Å². The highest BCUT2D eigenvalue weighted by Crippen LogP contribution is 2.23. The van der Waals surface area contributed by atoms with Gasteiger partial charge in [0.15, 0.2) is 11.6 Å². The first-order chi connectivity index (χ1) is 9.95. The van der Waals surface area contributed by atoms with Crippen molar-refractivity contribution in [1.29, 1.82) is 0 Å². The van der Waals surface area contributed by atoms with Crippen LogP contribution in [0.15, 0.2) is 36.4 Å². The molecule has 0 fully saturated rings. The Morgan fingerprint density at radius 2 is 1.81 bits per heavy atom. The van der Waals surface area contributed by atoms with Gasteiger partial charge in [0.1, 0.15) is 5.75 Å². The third kappa shape index (κ3) is 4.11. The van der Waals surface area contributed by atoms with E-state index in [1.54, 1.807) is 13.0 Å². The fourth-order valence-electron chi connectivity index (χ4n) is 1.86. The summed E-state index contributed by atoms with van der Waals surface area (Å²) in [5, 5.41) is 3.02. The molecule has 6 heteroatoms. The van der Waals surface area contributed by atoms with Gasteiger partial charge in [0.05, 0.1) is 0 Å². The van der Waals surface area contributed by atoms with E-state index in [9.17, 15) is 17.6 Å². The summed E-state index contributed by atoms with van der Waals surface area (Å²) in [6.45, 7) is -0.857. The van der Waals surface area contributed by atoms with Crippen LogP contribution in [0.4, 0.5) is 23.2 Å². The summed E-state index contributed by atoms with van der Waals surface area (Å²) in [5.74, 6) is -1.74. The molecule has 0 atom stereocenters. The van der Waals surface area contributed by atoms with E-state index in [-0.39, 0.29) is 12.3 Å². The van der Waals surface area contributed by atoms with Gasteiger partial charge in [0, 0.05) is 12.2 Å². The second-order valence-electron chi connectivity index (χ2n) is 4.46. The average molecular weight is 299 g/mol. The molecule has 0 radical (unpaired) electrons. The van der Waals surface area contributed by atoms with Crippen LogP contribution in [-0.2, 0) is 6.54 Å². The normalized spacial score (nSPS) is 10.8. The Morgan fingerprint density at radius 1 is 1.05 bits per heavy atom. The fraction of sp³-hybridized carbons (Fsp3) is 0.200. The largest absolute Gasteiger partial charge is 0.435 e. The third-order valence-corrected chi connectivity index (χ3v) is 2.89. The van der Waals surface area contributed by atoms with E-state index in [1.807, 2.05) is 0 Å². The van der Waals surface area contributed by atoms with Crippen LogP contribution < -0.4 is 10.1 Å². The van der Waals surface area contributed by atoms with Crippen molar-refractivity contribution in [2.75, 3.05) is 5.32 Å². The highest BCUT2D eigenvalue weighted by atomic mass is 19.3. The predicted octanol–water partition coefficient (Wildman–Crippen LogP) is 4.49. The summed E-state index contributed by atoms with van der Waals surface area (Å²) in [5.41, 5.74) is 1.97.